The highest BCUT2D eigenvalue weighted by atomic mass is 79.9. The Bertz CT molecular complexity index is 610. The lowest BCUT2D eigenvalue weighted by Crippen LogP contribution is -2.17. The summed E-state index contributed by atoms with van der Waals surface area (Å²) in [5.74, 6) is -0.149. The highest BCUT2D eigenvalue weighted by molar-refractivity contribution is 9.10. The molecule has 0 unspecified atom stereocenters. The van der Waals surface area contributed by atoms with E-state index >= 15 is 0 Å². The van der Waals surface area contributed by atoms with Gasteiger partial charge in [-0.15, -0.1) is 0 Å². The van der Waals surface area contributed by atoms with Gasteiger partial charge in [0.15, 0.2) is 10.4 Å². The van der Waals surface area contributed by atoms with Gasteiger partial charge >= 0.3 is 0 Å². The summed E-state index contributed by atoms with van der Waals surface area (Å²) < 4.78 is 5.65. The minimum Gasteiger partial charge on any atom is -0.444 e. The molecule has 6 heteroatoms. The van der Waals surface area contributed by atoms with E-state index in [2.05, 4.69) is 21.2 Å². The van der Waals surface area contributed by atoms with Crippen LogP contribution in [0.1, 0.15) is 16.1 Å². The first kappa shape index (κ1) is 12.8. The van der Waals surface area contributed by atoms with Crippen molar-refractivity contribution in [1.82, 2.24) is 0 Å². The Morgan fingerprint density at radius 1 is 1.28 bits per heavy atom. The van der Waals surface area contributed by atoms with Crippen molar-refractivity contribution in [2.24, 2.45) is 5.73 Å². The first-order chi connectivity index (χ1) is 8.58. The van der Waals surface area contributed by atoms with Gasteiger partial charge in [-0.3, -0.25) is 4.79 Å². The van der Waals surface area contributed by atoms with Gasteiger partial charge in [0, 0.05) is 5.56 Å². The Hall–Kier alpha value is -1.66. The van der Waals surface area contributed by atoms with Gasteiger partial charge in [0.2, 0.25) is 0 Å². The number of para-hydroxylation sites is 1. The molecule has 0 spiro atoms. The Balaban J connectivity index is 2.24. The molecular weight excluding hydrogens is 316 g/mol. The van der Waals surface area contributed by atoms with Gasteiger partial charge in [-0.1, -0.05) is 24.4 Å². The second-order valence-electron chi connectivity index (χ2n) is 3.47. The number of rotatable bonds is 3. The van der Waals surface area contributed by atoms with Crippen LogP contribution in [0.2, 0.25) is 0 Å². The number of hydrogen-bond acceptors (Lipinski definition) is 3. The zero-order valence-corrected chi connectivity index (χ0v) is 11.5. The fourth-order valence-corrected chi connectivity index (χ4v) is 1.91. The molecule has 1 amide bonds. The highest BCUT2D eigenvalue weighted by Crippen LogP contribution is 2.18. The standard InChI is InChI=1S/C12H9BrN2O2S/c13-10-6-5-9(17-10)12(16)15-8-4-2-1-3-7(8)11(14)18/h1-6H,(H2,14,18)(H,15,16). The van der Waals surface area contributed by atoms with E-state index < -0.39 is 0 Å². The monoisotopic (exact) mass is 324 g/mol. The van der Waals surface area contributed by atoms with Crippen LogP contribution >= 0.6 is 28.1 Å². The molecule has 4 nitrogen and oxygen atoms in total. The van der Waals surface area contributed by atoms with Crippen LogP contribution in [0.4, 0.5) is 5.69 Å². The number of nitrogens with one attached hydrogen (secondary N) is 1. The number of carbonyl (C=O) groups is 1. The number of thiocarbonyl (C=S) groups is 1. The van der Waals surface area contributed by atoms with E-state index in [-0.39, 0.29) is 16.7 Å². The molecule has 0 saturated heterocycles. The van der Waals surface area contributed by atoms with E-state index in [0.29, 0.717) is 15.9 Å². The molecule has 0 fully saturated rings. The molecule has 0 aliphatic rings. The average molecular weight is 325 g/mol. The Labute approximate surface area is 117 Å². The van der Waals surface area contributed by atoms with Gasteiger partial charge in [-0.2, -0.15) is 0 Å². The van der Waals surface area contributed by atoms with Crippen LogP contribution in [0.3, 0.4) is 0 Å². The van der Waals surface area contributed by atoms with Gasteiger partial charge in [0.05, 0.1) is 5.69 Å². The second-order valence-corrected chi connectivity index (χ2v) is 4.69. The van der Waals surface area contributed by atoms with Crippen molar-refractivity contribution in [2.75, 3.05) is 5.32 Å². The van der Waals surface area contributed by atoms with E-state index in [1.807, 2.05) is 0 Å². The number of benzene rings is 1. The van der Waals surface area contributed by atoms with E-state index in [0.717, 1.165) is 0 Å². The summed E-state index contributed by atoms with van der Waals surface area (Å²) in [5, 5.41) is 2.70. The molecule has 0 radical (unpaired) electrons. The molecule has 1 aromatic carbocycles. The smallest absolute Gasteiger partial charge is 0.291 e. The van der Waals surface area contributed by atoms with Crippen molar-refractivity contribution < 1.29 is 9.21 Å². The van der Waals surface area contributed by atoms with Crippen LogP contribution in [-0.2, 0) is 0 Å². The van der Waals surface area contributed by atoms with Crippen LogP contribution in [0.5, 0.6) is 0 Å². The molecule has 0 aliphatic heterocycles. The molecule has 2 rings (SSSR count). The average Bonchev–Trinajstić information content (AvgIpc) is 2.76. The van der Waals surface area contributed by atoms with Gasteiger partial charge < -0.3 is 15.5 Å². The van der Waals surface area contributed by atoms with Crippen LogP contribution in [0.15, 0.2) is 45.5 Å². The summed E-state index contributed by atoms with van der Waals surface area (Å²) in [4.78, 5) is 12.1. The normalized spacial score (nSPS) is 10.1. The minimum absolute atomic E-state index is 0.208. The number of furan rings is 1. The van der Waals surface area contributed by atoms with Crippen LogP contribution in [-0.4, -0.2) is 10.9 Å². The molecule has 0 bridgehead atoms. The molecule has 2 aromatic rings. The van der Waals surface area contributed by atoms with Crippen LogP contribution < -0.4 is 11.1 Å². The fraction of sp³-hybridized carbons (Fsp3) is 0. The van der Waals surface area contributed by atoms with Crippen LogP contribution in [0, 0.1) is 0 Å². The zero-order chi connectivity index (χ0) is 13.1. The molecular formula is C12H9BrN2O2S. The second kappa shape index (κ2) is 5.32. The number of amides is 1. The van der Waals surface area contributed by atoms with Crippen molar-refractivity contribution in [3.05, 3.63) is 52.4 Å². The highest BCUT2D eigenvalue weighted by Gasteiger charge is 2.13. The molecule has 18 heavy (non-hydrogen) atoms. The van der Waals surface area contributed by atoms with Gasteiger partial charge in [0.1, 0.15) is 4.99 Å². The Morgan fingerprint density at radius 3 is 2.61 bits per heavy atom. The summed E-state index contributed by atoms with van der Waals surface area (Å²) in [6, 6.07) is 10.3. The van der Waals surface area contributed by atoms with Crippen molar-refractivity contribution in [1.29, 1.82) is 0 Å². The first-order valence-corrected chi connectivity index (χ1v) is 6.23. The number of nitrogens with two attached hydrogens (primary N) is 1. The summed E-state index contributed by atoms with van der Waals surface area (Å²) in [6.45, 7) is 0. The summed E-state index contributed by atoms with van der Waals surface area (Å²) >= 11 is 8.05. The molecule has 0 saturated carbocycles. The molecule has 92 valence electrons. The van der Waals surface area contributed by atoms with Crippen molar-refractivity contribution in [2.45, 2.75) is 0 Å². The number of halogens is 1. The fourth-order valence-electron chi connectivity index (χ4n) is 1.43. The summed E-state index contributed by atoms with van der Waals surface area (Å²) in [6.07, 6.45) is 0. The quantitative estimate of drug-likeness (QED) is 0.852. The van der Waals surface area contributed by atoms with Gasteiger partial charge in [-0.05, 0) is 40.2 Å². The molecule has 0 aliphatic carbocycles. The third kappa shape index (κ3) is 2.77. The molecule has 1 heterocycles. The maximum absolute atomic E-state index is 11.9. The lowest BCUT2D eigenvalue weighted by atomic mass is 10.1. The number of anilines is 1. The molecule has 0 atom stereocenters. The number of hydrogen-bond donors (Lipinski definition) is 2. The summed E-state index contributed by atoms with van der Waals surface area (Å²) in [5.41, 5.74) is 6.76. The first-order valence-electron chi connectivity index (χ1n) is 5.03. The lowest BCUT2D eigenvalue weighted by Gasteiger charge is -2.08. The maximum Gasteiger partial charge on any atom is 0.291 e. The predicted molar refractivity (Wildman–Crippen MR) is 76.7 cm³/mol. The van der Waals surface area contributed by atoms with Crippen molar-refractivity contribution in [3.8, 4) is 0 Å². The van der Waals surface area contributed by atoms with E-state index in [9.17, 15) is 4.79 Å². The molecule has 3 N–H and O–H groups in total. The zero-order valence-electron chi connectivity index (χ0n) is 9.14. The van der Waals surface area contributed by atoms with E-state index in [1.54, 1.807) is 36.4 Å². The van der Waals surface area contributed by atoms with Crippen LogP contribution in [0.25, 0.3) is 0 Å². The van der Waals surface area contributed by atoms with Crippen molar-refractivity contribution >= 4 is 44.7 Å². The summed E-state index contributed by atoms with van der Waals surface area (Å²) in [7, 11) is 0. The number of carbonyl (C=O) groups excluding carboxylic acids is 1. The lowest BCUT2D eigenvalue weighted by molar-refractivity contribution is 0.0995. The van der Waals surface area contributed by atoms with Gasteiger partial charge in [-0.25, -0.2) is 0 Å². The van der Waals surface area contributed by atoms with E-state index in [4.69, 9.17) is 22.4 Å². The van der Waals surface area contributed by atoms with Gasteiger partial charge in [0.25, 0.3) is 5.91 Å². The third-order valence-electron chi connectivity index (χ3n) is 2.24. The molecule has 1 aromatic heterocycles. The maximum atomic E-state index is 11.9. The Morgan fingerprint density at radius 2 is 2.00 bits per heavy atom. The van der Waals surface area contributed by atoms with E-state index in [1.165, 1.54) is 0 Å². The SMILES string of the molecule is NC(=S)c1ccccc1NC(=O)c1ccc(Br)o1. The largest absolute Gasteiger partial charge is 0.444 e. The topological polar surface area (TPSA) is 68.3 Å². The third-order valence-corrected chi connectivity index (χ3v) is 2.88. The predicted octanol–water partition coefficient (Wildman–Crippen LogP) is 2.93. The minimum atomic E-state index is -0.357. The Kier molecular flexibility index (Phi) is 3.78. The van der Waals surface area contributed by atoms with Crippen molar-refractivity contribution in [3.63, 3.8) is 0 Å².